The summed E-state index contributed by atoms with van der Waals surface area (Å²) in [6, 6.07) is 2.26. The van der Waals surface area contributed by atoms with Crippen molar-refractivity contribution in [1.29, 1.82) is 0 Å². The van der Waals surface area contributed by atoms with E-state index in [-0.39, 0.29) is 12.3 Å². The molecule has 6 heteroatoms. The number of ether oxygens (including phenoxy) is 1. The normalized spacial score (nSPS) is 11.6. The summed E-state index contributed by atoms with van der Waals surface area (Å²) in [5.74, 6) is -0.216. The van der Waals surface area contributed by atoms with Gasteiger partial charge in [-0.2, -0.15) is 13.2 Å². The van der Waals surface area contributed by atoms with E-state index in [1.807, 2.05) is 0 Å². The maximum absolute atomic E-state index is 12.5. The summed E-state index contributed by atoms with van der Waals surface area (Å²) in [6.07, 6.45) is -4.43. The molecular formula is C9H9BrF3NO. The molecule has 1 rings (SSSR count). The van der Waals surface area contributed by atoms with E-state index in [1.165, 1.54) is 13.2 Å². The molecule has 0 aliphatic heterocycles. The average Bonchev–Trinajstić information content (AvgIpc) is 2.15. The van der Waals surface area contributed by atoms with Gasteiger partial charge in [0.25, 0.3) is 0 Å². The molecule has 2 N–H and O–H groups in total. The van der Waals surface area contributed by atoms with Crippen molar-refractivity contribution >= 4 is 15.9 Å². The zero-order valence-corrected chi connectivity index (χ0v) is 9.45. The molecule has 0 heterocycles. The van der Waals surface area contributed by atoms with Crippen LogP contribution in [0.15, 0.2) is 16.6 Å². The maximum Gasteiger partial charge on any atom is 0.419 e. The molecule has 84 valence electrons. The lowest BCUT2D eigenvalue weighted by Crippen LogP contribution is -2.10. The predicted molar refractivity (Wildman–Crippen MR) is 53.6 cm³/mol. The Kier molecular flexibility index (Phi) is 3.62. The van der Waals surface area contributed by atoms with E-state index in [4.69, 9.17) is 5.73 Å². The first kappa shape index (κ1) is 12.3. The third kappa shape index (κ3) is 2.63. The summed E-state index contributed by atoms with van der Waals surface area (Å²) in [7, 11) is 1.19. The second-order valence-corrected chi connectivity index (χ2v) is 3.70. The second kappa shape index (κ2) is 4.40. The lowest BCUT2D eigenvalue weighted by Gasteiger charge is -2.14. The molecule has 0 bridgehead atoms. The number of nitrogens with two attached hydrogens (primary N) is 1. The zero-order chi connectivity index (χ0) is 11.6. The van der Waals surface area contributed by atoms with Crippen LogP contribution >= 0.6 is 15.9 Å². The van der Waals surface area contributed by atoms with Crippen molar-refractivity contribution < 1.29 is 17.9 Å². The summed E-state index contributed by atoms with van der Waals surface area (Å²) < 4.78 is 42.8. The number of hydrogen-bond acceptors (Lipinski definition) is 2. The highest BCUT2D eigenvalue weighted by Crippen LogP contribution is 2.38. The van der Waals surface area contributed by atoms with Crippen molar-refractivity contribution in [3.8, 4) is 5.75 Å². The molecule has 1 aromatic carbocycles. The van der Waals surface area contributed by atoms with Crippen LogP contribution in [0.5, 0.6) is 5.75 Å². The number of halogens is 4. The monoisotopic (exact) mass is 283 g/mol. The van der Waals surface area contributed by atoms with E-state index in [1.54, 1.807) is 0 Å². The molecule has 0 unspecified atom stereocenters. The van der Waals surface area contributed by atoms with Gasteiger partial charge in [-0.15, -0.1) is 0 Å². The van der Waals surface area contributed by atoms with Gasteiger partial charge in [0.1, 0.15) is 5.75 Å². The highest BCUT2D eigenvalue weighted by atomic mass is 79.9. The molecule has 1 aromatic rings. The van der Waals surface area contributed by atoms with E-state index in [0.717, 1.165) is 6.07 Å². The van der Waals surface area contributed by atoms with Crippen LogP contribution in [0.25, 0.3) is 0 Å². The van der Waals surface area contributed by atoms with Crippen molar-refractivity contribution in [2.45, 2.75) is 12.7 Å². The van der Waals surface area contributed by atoms with Gasteiger partial charge in [0.15, 0.2) is 0 Å². The van der Waals surface area contributed by atoms with Gasteiger partial charge in [0.05, 0.1) is 12.7 Å². The molecule has 15 heavy (non-hydrogen) atoms. The van der Waals surface area contributed by atoms with Crippen molar-refractivity contribution in [3.05, 3.63) is 27.7 Å². The number of benzene rings is 1. The van der Waals surface area contributed by atoms with Crippen LogP contribution in [0.1, 0.15) is 11.1 Å². The highest BCUT2D eigenvalue weighted by molar-refractivity contribution is 9.10. The van der Waals surface area contributed by atoms with Crippen LogP contribution < -0.4 is 10.5 Å². The fraction of sp³-hybridized carbons (Fsp3) is 0.333. The second-order valence-electron chi connectivity index (χ2n) is 2.85. The summed E-state index contributed by atoms with van der Waals surface area (Å²) in [6.45, 7) is 0.0354. The first-order chi connectivity index (χ1) is 6.90. The van der Waals surface area contributed by atoms with Crippen LogP contribution in [-0.2, 0) is 12.7 Å². The first-order valence-electron chi connectivity index (χ1n) is 4.03. The quantitative estimate of drug-likeness (QED) is 0.906. The molecule has 0 amide bonds. The van der Waals surface area contributed by atoms with Crippen LogP contribution in [-0.4, -0.2) is 7.11 Å². The van der Waals surface area contributed by atoms with Gasteiger partial charge in [0, 0.05) is 11.0 Å². The Labute approximate surface area is 93.3 Å². The topological polar surface area (TPSA) is 35.2 Å². The molecule has 0 aliphatic rings. The van der Waals surface area contributed by atoms with Crippen molar-refractivity contribution in [3.63, 3.8) is 0 Å². The van der Waals surface area contributed by atoms with E-state index in [0.29, 0.717) is 10.0 Å². The Bertz CT molecular complexity index is 365. The van der Waals surface area contributed by atoms with E-state index in [2.05, 4.69) is 20.7 Å². The Morgan fingerprint density at radius 1 is 1.40 bits per heavy atom. The van der Waals surface area contributed by atoms with Gasteiger partial charge in [-0.25, -0.2) is 0 Å². The molecule has 2 nitrogen and oxygen atoms in total. The van der Waals surface area contributed by atoms with Crippen molar-refractivity contribution in [2.24, 2.45) is 5.73 Å². The molecule has 0 fully saturated rings. The molecular weight excluding hydrogens is 275 g/mol. The van der Waals surface area contributed by atoms with Crippen molar-refractivity contribution in [2.75, 3.05) is 7.11 Å². The van der Waals surface area contributed by atoms with Gasteiger partial charge < -0.3 is 10.5 Å². The fourth-order valence-corrected chi connectivity index (χ4v) is 1.63. The number of alkyl halides is 3. The molecule has 0 aromatic heterocycles. The van der Waals surface area contributed by atoms with Crippen LogP contribution in [0, 0.1) is 0 Å². The minimum Gasteiger partial charge on any atom is -0.496 e. The Morgan fingerprint density at radius 3 is 2.40 bits per heavy atom. The smallest absolute Gasteiger partial charge is 0.419 e. The van der Waals surface area contributed by atoms with E-state index >= 15 is 0 Å². The van der Waals surface area contributed by atoms with Gasteiger partial charge in [-0.1, -0.05) is 15.9 Å². The van der Waals surface area contributed by atoms with E-state index in [9.17, 15) is 13.2 Å². The summed E-state index contributed by atoms with van der Waals surface area (Å²) in [5.41, 5.74) is 4.90. The Hall–Kier alpha value is -0.750. The molecule has 0 radical (unpaired) electrons. The summed E-state index contributed by atoms with van der Waals surface area (Å²) in [5, 5.41) is 0. The number of methoxy groups -OCH3 is 1. The summed E-state index contributed by atoms with van der Waals surface area (Å²) in [4.78, 5) is 0. The maximum atomic E-state index is 12.5. The molecule has 0 saturated heterocycles. The lowest BCUT2D eigenvalue weighted by atomic mass is 10.1. The molecule has 0 saturated carbocycles. The average molecular weight is 284 g/mol. The largest absolute Gasteiger partial charge is 0.496 e. The van der Waals surface area contributed by atoms with Gasteiger partial charge in [0.2, 0.25) is 0 Å². The van der Waals surface area contributed by atoms with Crippen LogP contribution in [0.2, 0.25) is 0 Å². The molecule has 0 atom stereocenters. The fourth-order valence-electron chi connectivity index (χ4n) is 1.15. The Balaban J connectivity index is 3.36. The van der Waals surface area contributed by atoms with Crippen molar-refractivity contribution in [1.82, 2.24) is 0 Å². The molecule has 0 spiro atoms. The highest BCUT2D eigenvalue weighted by Gasteiger charge is 2.34. The molecule has 0 aliphatic carbocycles. The third-order valence-corrected chi connectivity index (χ3v) is 2.63. The van der Waals surface area contributed by atoms with Gasteiger partial charge in [-0.3, -0.25) is 0 Å². The van der Waals surface area contributed by atoms with Crippen LogP contribution in [0.3, 0.4) is 0 Å². The zero-order valence-electron chi connectivity index (χ0n) is 7.86. The minimum atomic E-state index is -4.43. The number of hydrogen-bond donors (Lipinski definition) is 1. The first-order valence-corrected chi connectivity index (χ1v) is 4.83. The standard InChI is InChI=1S/C9H9BrF3NO/c1-15-8-3-7(10)5(4-14)2-6(8)9(11,12)13/h2-3H,4,14H2,1H3. The SMILES string of the molecule is COc1cc(Br)c(CN)cc1C(F)(F)F. The van der Waals surface area contributed by atoms with Gasteiger partial charge in [-0.05, 0) is 17.7 Å². The Morgan fingerprint density at radius 2 is 2.00 bits per heavy atom. The minimum absolute atomic E-state index is 0.0354. The third-order valence-electron chi connectivity index (χ3n) is 1.89. The number of rotatable bonds is 2. The predicted octanol–water partition coefficient (Wildman–Crippen LogP) is 2.94. The lowest BCUT2D eigenvalue weighted by molar-refractivity contribution is -0.138. The summed E-state index contributed by atoms with van der Waals surface area (Å²) >= 11 is 3.12. The van der Waals surface area contributed by atoms with Crippen LogP contribution in [0.4, 0.5) is 13.2 Å². The van der Waals surface area contributed by atoms with Gasteiger partial charge >= 0.3 is 6.18 Å². The van der Waals surface area contributed by atoms with E-state index < -0.39 is 11.7 Å².